The highest BCUT2D eigenvalue weighted by molar-refractivity contribution is 7.93. The van der Waals surface area contributed by atoms with Crippen LogP contribution < -0.4 is 14.8 Å². The summed E-state index contributed by atoms with van der Waals surface area (Å²) in [5.41, 5.74) is 2.19. The molecule has 0 spiro atoms. The summed E-state index contributed by atoms with van der Waals surface area (Å²) in [7, 11) is -3.87. The number of aryl methyl sites for hydroxylation is 3. The Morgan fingerprint density at radius 1 is 1.25 bits per heavy atom. The summed E-state index contributed by atoms with van der Waals surface area (Å²) in [6, 6.07) is 5.31. The predicted molar refractivity (Wildman–Crippen MR) is 103 cm³/mol. The van der Waals surface area contributed by atoms with Gasteiger partial charge in [0, 0.05) is 10.4 Å². The van der Waals surface area contributed by atoms with E-state index in [9.17, 15) is 13.2 Å². The summed E-state index contributed by atoms with van der Waals surface area (Å²) in [5.74, 6) is 0.562. The van der Waals surface area contributed by atoms with Gasteiger partial charge in [-0.05, 0) is 39.0 Å². The second-order valence-electron chi connectivity index (χ2n) is 6.23. The van der Waals surface area contributed by atoms with Gasteiger partial charge >= 0.3 is 0 Å². The van der Waals surface area contributed by atoms with Crippen LogP contribution in [0.4, 0.5) is 10.8 Å². The van der Waals surface area contributed by atoms with Crippen LogP contribution >= 0.6 is 11.3 Å². The fourth-order valence-corrected chi connectivity index (χ4v) is 5.36. The minimum atomic E-state index is -3.87. The second-order valence-corrected chi connectivity index (χ2v) is 9.05. The first kappa shape index (κ1) is 18.4. The zero-order chi connectivity index (χ0) is 20.1. The normalized spacial score (nSPS) is 13.6. The molecule has 0 atom stereocenters. The number of hydrogen-bond donors (Lipinski definition) is 2. The van der Waals surface area contributed by atoms with E-state index in [1.807, 2.05) is 13.0 Å². The van der Waals surface area contributed by atoms with E-state index in [-0.39, 0.29) is 34.0 Å². The van der Waals surface area contributed by atoms with Crippen LogP contribution in [0.15, 0.2) is 27.6 Å². The molecule has 0 bridgehead atoms. The van der Waals surface area contributed by atoms with Crippen molar-refractivity contribution in [2.75, 3.05) is 16.6 Å². The first-order valence-electron chi connectivity index (χ1n) is 8.25. The van der Waals surface area contributed by atoms with Crippen LogP contribution in [0.5, 0.6) is 5.75 Å². The lowest BCUT2D eigenvalue weighted by Gasteiger charge is -2.18. The summed E-state index contributed by atoms with van der Waals surface area (Å²) in [5, 5.41) is 6.66. The fraction of sp³-hybridized carbons (Fsp3) is 0.235. The van der Waals surface area contributed by atoms with E-state index in [0.29, 0.717) is 17.1 Å². The Morgan fingerprint density at radius 3 is 2.75 bits per heavy atom. The average Bonchev–Trinajstić information content (AvgIpc) is 3.15. The summed E-state index contributed by atoms with van der Waals surface area (Å²) >= 11 is 1.21. The van der Waals surface area contributed by atoms with Crippen molar-refractivity contribution in [2.24, 2.45) is 0 Å². The number of nitrogens with zero attached hydrogens (tertiary/aromatic N) is 2. The van der Waals surface area contributed by atoms with Gasteiger partial charge in [-0.2, -0.15) is 0 Å². The third kappa shape index (κ3) is 3.22. The molecule has 0 unspecified atom stereocenters. The lowest BCUT2D eigenvalue weighted by molar-refractivity contribution is -0.118. The van der Waals surface area contributed by atoms with Crippen molar-refractivity contribution in [3.05, 3.63) is 34.5 Å². The Kier molecular flexibility index (Phi) is 4.35. The molecule has 4 rings (SSSR count). The minimum Gasteiger partial charge on any atom is -0.482 e. The van der Waals surface area contributed by atoms with Gasteiger partial charge in [0.1, 0.15) is 11.4 Å². The molecule has 0 radical (unpaired) electrons. The van der Waals surface area contributed by atoms with Crippen molar-refractivity contribution in [1.29, 1.82) is 0 Å². The van der Waals surface area contributed by atoms with Crippen LogP contribution in [0, 0.1) is 20.8 Å². The van der Waals surface area contributed by atoms with Gasteiger partial charge < -0.3 is 14.6 Å². The van der Waals surface area contributed by atoms with Crippen LogP contribution in [0.25, 0.3) is 11.3 Å². The van der Waals surface area contributed by atoms with E-state index in [1.54, 1.807) is 19.1 Å². The van der Waals surface area contributed by atoms with Crippen molar-refractivity contribution in [3.63, 3.8) is 0 Å². The standard InChI is InChI=1S/C17H16N4O5S2/c1-8-16(9(2)26-20-8)28(23,24)21-17-19-15(10(3)27-17)11-4-5-13-12(6-11)18-14(22)7-25-13/h4-6H,7H2,1-3H3,(H,18,22)(H,19,21). The number of hydrogen-bond acceptors (Lipinski definition) is 8. The van der Waals surface area contributed by atoms with Gasteiger partial charge in [-0.1, -0.05) is 5.16 Å². The molecule has 1 aliphatic rings. The number of aromatic nitrogens is 2. The predicted octanol–water partition coefficient (Wildman–Crippen LogP) is 2.86. The SMILES string of the molecule is Cc1noc(C)c1S(=O)(=O)Nc1nc(-c2ccc3c(c2)NC(=O)CO3)c(C)s1. The van der Waals surface area contributed by atoms with Gasteiger partial charge in [0.2, 0.25) is 0 Å². The molecule has 0 aliphatic carbocycles. The van der Waals surface area contributed by atoms with E-state index >= 15 is 0 Å². The fourth-order valence-electron chi connectivity index (χ4n) is 2.96. The number of sulfonamides is 1. The number of anilines is 2. The molecule has 0 saturated carbocycles. The monoisotopic (exact) mass is 420 g/mol. The van der Waals surface area contributed by atoms with Crippen LogP contribution in [-0.4, -0.2) is 31.1 Å². The molecule has 2 N–H and O–H groups in total. The van der Waals surface area contributed by atoms with Gasteiger partial charge in [0.25, 0.3) is 15.9 Å². The summed E-state index contributed by atoms with van der Waals surface area (Å²) in [4.78, 5) is 16.8. The molecule has 28 heavy (non-hydrogen) atoms. The number of amides is 1. The first-order chi connectivity index (χ1) is 13.2. The van der Waals surface area contributed by atoms with Gasteiger partial charge in [-0.3, -0.25) is 9.52 Å². The van der Waals surface area contributed by atoms with E-state index in [2.05, 4.69) is 20.2 Å². The number of fused-ring (bicyclic) bond motifs is 1. The molecule has 0 fully saturated rings. The van der Waals surface area contributed by atoms with Crippen molar-refractivity contribution in [3.8, 4) is 17.0 Å². The van der Waals surface area contributed by atoms with E-state index in [0.717, 1.165) is 10.4 Å². The zero-order valence-corrected chi connectivity index (χ0v) is 16.8. The number of carbonyl (C=O) groups excluding carboxylic acids is 1. The largest absolute Gasteiger partial charge is 0.482 e. The molecule has 11 heteroatoms. The molecule has 3 heterocycles. The Bertz CT molecular complexity index is 1180. The maximum Gasteiger partial charge on any atom is 0.269 e. The molecular weight excluding hydrogens is 404 g/mol. The van der Waals surface area contributed by atoms with E-state index < -0.39 is 10.0 Å². The van der Waals surface area contributed by atoms with Crippen LogP contribution in [0.2, 0.25) is 0 Å². The van der Waals surface area contributed by atoms with Gasteiger partial charge in [0.05, 0.1) is 11.4 Å². The molecule has 2 aromatic heterocycles. The number of ether oxygens (including phenoxy) is 1. The summed E-state index contributed by atoms with van der Waals surface area (Å²) < 4.78 is 38.2. The number of rotatable bonds is 4. The Labute approximate surface area is 164 Å². The third-order valence-electron chi connectivity index (χ3n) is 4.14. The Morgan fingerprint density at radius 2 is 2.04 bits per heavy atom. The van der Waals surface area contributed by atoms with Crippen LogP contribution in [0.3, 0.4) is 0 Å². The average molecular weight is 420 g/mol. The van der Waals surface area contributed by atoms with Crippen molar-refractivity contribution in [2.45, 2.75) is 25.7 Å². The lowest BCUT2D eigenvalue weighted by atomic mass is 10.1. The lowest BCUT2D eigenvalue weighted by Crippen LogP contribution is -2.25. The molecule has 1 aromatic carbocycles. The summed E-state index contributed by atoms with van der Waals surface area (Å²) in [6.45, 7) is 4.93. The number of nitrogens with one attached hydrogen (secondary N) is 2. The second kappa shape index (κ2) is 6.60. The van der Waals surface area contributed by atoms with Gasteiger partial charge in [0.15, 0.2) is 22.4 Å². The minimum absolute atomic E-state index is 0.00976. The molecule has 9 nitrogen and oxygen atoms in total. The smallest absolute Gasteiger partial charge is 0.269 e. The van der Waals surface area contributed by atoms with E-state index in [1.165, 1.54) is 18.3 Å². The van der Waals surface area contributed by atoms with Crippen LogP contribution in [-0.2, 0) is 14.8 Å². The van der Waals surface area contributed by atoms with E-state index in [4.69, 9.17) is 9.26 Å². The third-order valence-corrected chi connectivity index (χ3v) is 6.74. The van der Waals surface area contributed by atoms with Crippen molar-refractivity contribution in [1.82, 2.24) is 10.1 Å². The molecule has 0 saturated heterocycles. The van der Waals surface area contributed by atoms with Crippen molar-refractivity contribution < 1.29 is 22.5 Å². The quantitative estimate of drug-likeness (QED) is 0.665. The van der Waals surface area contributed by atoms with Crippen molar-refractivity contribution >= 4 is 38.1 Å². The highest BCUT2D eigenvalue weighted by Crippen LogP contribution is 2.36. The van der Waals surface area contributed by atoms with Gasteiger partial charge in [-0.15, -0.1) is 11.3 Å². The molecule has 1 amide bonds. The molecule has 3 aromatic rings. The molecule has 1 aliphatic heterocycles. The van der Waals surface area contributed by atoms with Crippen LogP contribution in [0.1, 0.15) is 16.3 Å². The number of carbonyl (C=O) groups is 1. The Hall–Kier alpha value is -2.92. The number of thiazole rings is 1. The molecule has 146 valence electrons. The maximum atomic E-state index is 12.7. The Balaban J connectivity index is 1.66. The maximum absolute atomic E-state index is 12.7. The highest BCUT2D eigenvalue weighted by atomic mass is 32.2. The van der Waals surface area contributed by atoms with Gasteiger partial charge in [-0.25, -0.2) is 13.4 Å². The number of benzene rings is 1. The zero-order valence-electron chi connectivity index (χ0n) is 15.2. The topological polar surface area (TPSA) is 123 Å². The molecular formula is C17H16N4O5S2. The summed E-state index contributed by atoms with van der Waals surface area (Å²) in [6.07, 6.45) is 0. The first-order valence-corrected chi connectivity index (χ1v) is 10.5. The highest BCUT2D eigenvalue weighted by Gasteiger charge is 2.26.